The van der Waals surface area contributed by atoms with Crippen molar-refractivity contribution in [2.75, 3.05) is 51.3 Å². The van der Waals surface area contributed by atoms with Crippen molar-refractivity contribution in [1.29, 1.82) is 0 Å². The Hall–Kier alpha value is -1.95. The molecule has 1 saturated carbocycles. The number of anilines is 1. The Morgan fingerprint density at radius 2 is 1.83 bits per heavy atom. The number of phenolic OH excluding ortho intramolecular Hbond substituents is 1. The molecule has 0 radical (unpaired) electrons. The Balaban J connectivity index is 1.28. The maximum absolute atomic E-state index is 10.1. The molecule has 2 N–H and O–H groups in total. The van der Waals surface area contributed by atoms with Crippen molar-refractivity contribution in [3.05, 3.63) is 24.3 Å². The second-order valence-corrected chi connectivity index (χ2v) is 8.13. The van der Waals surface area contributed by atoms with Gasteiger partial charge < -0.3 is 25.0 Å². The zero-order chi connectivity index (χ0) is 20.3. The molecule has 2 fully saturated rings. The van der Waals surface area contributed by atoms with Gasteiger partial charge in [-0.2, -0.15) is 0 Å². The van der Waals surface area contributed by atoms with Crippen molar-refractivity contribution in [3.8, 4) is 5.75 Å². The normalized spacial score (nSPS) is 18.9. The van der Waals surface area contributed by atoms with E-state index in [1.54, 1.807) is 6.07 Å². The summed E-state index contributed by atoms with van der Waals surface area (Å²) in [7, 11) is 1.86. The first-order valence-electron chi connectivity index (χ1n) is 11.4. The molecule has 6 heteroatoms. The lowest BCUT2D eigenvalue weighted by molar-refractivity contribution is 0.0264. The summed E-state index contributed by atoms with van der Waals surface area (Å²) in [5, 5.41) is 13.6. The molecule has 0 aromatic heterocycles. The highest BCUT2D eigenvalue weighted by Gasteiger charge is 2.21. The minimum absolute atomic E-state index is 0.357. The highest BCUT2D eigenvalue weighted by atomic mass is 16.5. The summed E-state index contributed by atoms with van der Waals surface area (Å²) >= 11 is 0. The Kier molecular flexibility index (Phi) is 8.93. The van der Waals surface area contributed by atoms with Gasteiger partial charge in [0.15, 0.2) is 5.96 Å². The van der Waals surface area contributed by atoms with Crippen LogP contribution in [0.1, 0.15) is 51.4 Å². The minimum atomic E-state index is 0.357. The van der Waals surface area contributed by atoms with Crippen LogP contribution in [-0.4, -0.2) is 68.4 Å². The van der Waals surface area contributed by atoms with Crippen molar-refractivity contribution in [3.63, 3.8) is 0 Å². The third-order valence-corrected chi connectivity index (χ3v) is 6.02. The summed E-state index contributed by atoms with van der Waals surface area (Å²) in [6, 6.07) is 7.57. The Morgan fingerprint density at radius 3 is 2.55 bits per heavy atom. The smallest absolute Gasteiger partial charge is 0.193 e. The number of benzene rings is 1. The van der Waals surface area contributed by atoms with E-state index in [-0.39, 0.29) is 0 Å². The van der Waals surface area contributed by atoms with Crippen molar-refractivity contribution in [2.24, 2.45) is 4.99 Å². The molecule has 0 amide bonds. The molecule has 0 unspecified atom stereocenters. The van der Waals surface area contributed by atoms with E-state index in [9.17, 15) is 5.11 Å². The summed E-state index contributed by atoms with van der Waals surface area (Å²) in [4.78, 5) is 9.01. The van der Waals surface area contributed by atoms with Gasteiger partial charge in [-0.3, -0.25) is 4.99 Å². The first kappa shape index (κ1) is 21.8. The number of ether oxygens (including phenoxy) is 1. The zero-order valence-corrected chi connectivity index (χ0v) is 18.0. The fourth-order valence-corrected chi connectivity index (χ4v) is 4.31. The van der Waals surface area contributed by atoms with Crippen molar-refractivity contribution in [1.82, 2.24) is 10.2 Å². The number of para-hydroxylation sites is 2. The monoisotopic (exact) mass is 402 g/mol. The Morgan fingerprint density at radius 1 is 1.07 bits per heavy atom. The fourth-order valence-electron chi connectivity index (χ4n) is 4.31. The van der Waals surface area contributed by atoms with Crippen LogP contribution in [0.15, 0.2) is 29.3 Å². The van der Waals surface area contributed by atoms with E-state index < -0.39 is 0 Å². The molecule has 1 saturated heterocycles. The molecule has 0 atom stereocenters. The van der Waals surface area contributed by atoms with Crippen LogP contribution in [0.4, 0.5) is 5.69 Å². The van der Waals surface area contributed by atoms with Gasteiger partial charge in [0.2, 0.25) is 0 Å². The van der Waals surface area contributed by atoms with Gasteiger partial charge in [-0.05, 0) is 44.2 Å². The number of guanidine groups is 1. The summed E-state index contributed by atoms with van der Waals surface area (Å²) in [5.41, 5.74) is 0.922. The standard InChI is InChI=1S/C23H38N4O2/c1-24-23(25-14-8-3-9-19-29-20-10-4-2-5-11-20)27-17-15-26(16-18-27)21-12-6-7-13-22(21)28/h6-7,12-13,20,28H,2-5,8-11,14-19H2,1H3,(H,24,25). The van der Waals surface area contributed by atoms with Crippen LogP contribution in [-0.2, 0) is 4.74 Å². The molecule has 1 aromatic rings. The molecule has 1 aromatic carbocycles. The molecule has 0 spiro atoms. The van der Waals surface area contributed by atoms with E-state index in [1.807, 2.05) is 25.2 Å². The average molecular weight is 403 g/mol. The van der Waals surface area contributed by atoms with Crippen LogP contribution in [0.2, 0.25) is 0 Å². The highest BCUT2D eigenvalue weighted by Crippen LogP contribution is 2.27. The lowest BCUT2D eigenvalue weighted by atomic mass is 9.98. The van der Waals surface area contributed by atoms with Crippen molar-refractivity contribution in [2.45, 2.75) is 57.5 Å². The topological polar surface area (TPSA) is 60.3 Å². The quantitative estimate of drug-likeness (QED) is 0.395. The van der Waals surface area contributed by atoms with Gasteiger partial charge in [-0.15, -0.1) is 0 Å². The van der Waals surface area contributed by atoms with Crippen LogP contribution in [0.25, 0.3) is 0 Å². The number of aliphatic imine (C=N–C) groups is 1. The Bertz CT molecular complexity index is 623. The van der Waals surface area contributed by atoms with Gasteiger partial charge in [0, 0.05) is 46.4 Å². The first-order valence-corrected chi connectivity index (χ1v) is 11.4. The molecule has 3 rings (SSSR count). The minimum Gasteiger partial charge on any atom is -0.506 e. The largest absolute Gasteiger partial charge is 0.506 e. The van der Waals surface area contributed by atoms with Crippen molar-refractivity contribution >= 4 is 11.6 Å². The summed E-state index contributed by atoms with van der Waals surface area (Å²) < 4.78 is 6.01. The highest BCUT2D eigenvalue weighted by molar-refractivity contribution is 5.80. The van der Waals surface area contributed by atoms with E-state index in [4.69, 9.17) is 4.74 Å². The second kappa shape index (κ2) is 11.9. The third kappa shape index (κ3) is 6.81. The number of unbranched alkanes of at least 4 members (excludes halogenated alkanes) is 2. The lowest BCUT2D eigenvalue weighted by Gasteiger charge is -2.37. The van der Waals surface area contributed by atoms with E-state index in [2.05, 4.69) is 20.1 Å². The SMILES string of the molecule is CN=C(NCCCCCOC1CCCCC1)N1CCN(c2ccccc2O)CC1. The van der Waals surface area contributed by atoms with Gasteiger partial charge >= 0.3 is 0 Å². The maximum atomic E-state index is 10.1. The number of hydrogen-bond acceptors (Lipinski definition) is 4. The molecular weight excluding hydrogens is 364 g/mol. The van der Waals surface area contributed by atoms with Gasteiger partial charge in [-0.25, -0.2) is 0 Å². The molecule has 1 aliphatic carbocycles. The van der Waals surface area contributed by atoms with Crippen LogP contribution >= 0.6 is 0 Å². The molecular formula is C23H38N4O2. The molecule has 6 nitrogen and oxygen atoms in total. The predicted molar refractivity (Wildman–Crippen MR) is 120 cm³/mol. The number of rotatable bonds is 8. The van der Waals surface area contributed by atoms with Gasteiger partial charge in [0.25, 0.3) is 0 Å². The molecule has 162 valence electrons. The molecule has 1 aliphatic heterocycles. The summed E-state index contributed by atoms with van der Waals surface area (Å²) in [6.07, 6.45) is 10.6. The van der Waals surface area contributed by atoms with Crippen molar-refractivity contribution < 1.29 is 9.84 Å². The molecule has 29 heavy (non-hydrogen) atoms. The number of hydrogen-bond donors (Lipinski definition) is 2. The van der Waals surface area contributed by atoms with Crippen LogP contribution in [0.5, 0.6) is 5.75 Å². The summed E-state index contributed by atoms with van der Waals surface area (Å²) in [6.45, 7) is 5.45. The van der Waals surface area contributed by atoms with E-state index in [1.165, 1.54) is 38.5 Å². The van der Waals surface area contributed by atoms with E-state index in [0.29, 0.717) is 11.9 Å². The second-order valence-electron chi connectivity index (χ2n) is 8.13. The van der Waals surface area contributed by atoms with E-state index in [0.717, 1.165) is 63.8 Å². The van der Waals surface area contributed by atoms with Crippen LogP contribution in [0, 0.1) is 0 Å². The van der Waals surface area contributed by atoms with Gasteiger partial charge in [-0.1, -0.05) is 31.4 Å². The number of piperazine rings is 1. The number of nitrogens with one attached hydrogen (secondary N) is 1. The van der Waals surface area contributed by atoms with Crippen LogP contribution < -0.4 is 10.2 Å². The molecule has 2 aliphatic rings. The zero-order valence-electron chi connectivity index (χ0n) is 18.0. The van der Waals surface area contributed by atoms with Gasteiger partial charge in [0.1, 0.15) is 5.75 Å². The third-order valence-electron chi connectivity index (χ3n) is 6.02. The summed E-state index contributed by atoms with van der Waals surface area (Å²) in [5.74, 6) is 1.34. The van der Waals surface area contributed by atoms with E-state index >= 15 is 0 Å². The number of phenols is 1. The predicted octanol–water partition coefficient (Wildman–Crippen LogP) is 3.61. The number of nitrogens with zero attached hydrogens (tertiary/aromatic N) is 3. The molecule has 0 bridgehead atoms. The first-order chi connectivity index (χ1) is 14.3. The molecule has 1 heterocycles. The maximum Gasteiger partial charge on any atom is 0.193 e. The average Bonchev–Trinajstić information content (AvgIpc) is 2.77. The fraction of sp³-hybridized carbons (Fsp3) is 0.696. The van der Waals surface area contributed by atoms with Crippen LogP contribution in [0.3, 0.4) is 0 Å². The number of aromatic hydroxyl groups is 1. The van der Waals surface area contributed by atoms with Gasteiger partial charge in [0.05, 0.1) is 11.8 Å². The Labute approximate surface area is 175 Å². The lowest BCUT2D eigenvalue weighted by Crippen LogP contribution is -2.52.